The number of hydrogen-bond donors (Lipinski definition) is 2. The molecule has 0 radical (unpaired) electrons. The second kappa shape index (κ2) is 8.84. The fourth-order valence-corrected chi connectivity index (χ4v) is 2.80. The molecule has 1 aliphatic rings. The predicted molar refractivity (Wildman–Crippen MR) is 94.2 cm³/mol. The molecule has 1 atom stereocenters. The lowest BCUT2D eigenvalue weighted by Crippen LogP contribution is -2.40. The van der Waals surface area contributed by atoms with Crippen LogP contribution in [0.2, 0.25) is 5.15 Å². The topological polar surface area (TPSA) is 77.6 Å². The minimum Gasteiger partial charge on any atom is -0.338 e. The number of carbonyl (C=O) groups is 2. The number of nitrogens with zero attached hydrogens (tertiary/aromatic N) is 3. The van der Waals surface area contributed by atoms with Gasteiger partial charge in [-0.25, -0.2) is 9.78 Å². The number of likely N-dealkylation sites (tertiary alicyclic amines) is 1. The van der Waals surface area contributed by atoms with Gasteiger partial charge in [-0.1, -0.05) is 11.6 Å². The molecule has 1 aromatic rings. The Labute approximate surface area is 147 Å². The Morgan fingerprint density at radius 2 is 2.25 bits per heavy atom. The van der Waals surface area contributed by atoms with Crippen molar-refractivity contribution in [3.05, 3.63) is 23.5 Å². The molecule has 1 saturated heterocycles. The maximum atomic E-state index is 12.0. The first-order valence-corrected chi connectivity index (χ1v) is 8.44. The summed E-state index contributed by atoms with van der Waals surface area (Å²) >= 11 is 5.70. The number of hydrogen-bond acceptors (Lipinski definition) is 4. The molecule has 7 nitrogen and oxygen atoms in total. The smallest absolute Gasteiger partial charge is 0.319 e. The van der Waals surface area contributed by atoms with Gasteiger partial charge in [-0.05, 0) is 39.1 Å². The van der Waals surface area contributed by atoms with Gasteiger partial charge in [-0.3, -0.25) is 4.79 Å². The number of rotatable bonds is 7. The van der Waals surface area contributed by atoms with Gasteiger partial charge in [0.25, 0.3) is 0 Å². The summed E-state index contributed by atoms with van der Waals surface area (Å²) < 4.78 is 0. The molecule has 1 aromatic heterocycles. The molecule has 0 aliphatic carbocycles. The molecule has 1 fully saturated rings. The number of carbonyl (C=O) groups excluding carboxylic acids is 2. The Kier molecular flexibility index (Phi) is 6.81. The SMILES string of the molecule is CN(C)CCN1C(=O)CCC1CCNC(=O)Nc1ccc(Cl)nc1. The first kappa shape index (κ1) is 18.5. The van der Waals surface area contributed by atoms with Gasteiger partial charge in [0.05, 0.1) is 11.9 Å². The minimum absolute atomic E-state index is 0.204. The van der Waals surface area contributed by atoms with Crippen molar-refractivity contribution in [2.24, 2.45) is 0 Å². The fourth-order valence-electron chi connectivity index (χ4n) is 2.69. The molecule has 0 aromatic carbocycles. The summed E-state index contributed by atoms with van der Waals surface area (Å²) in [5, 5.41) is 5.89. The third-order valence-electron chi connectivity index (χ3n) is 3.99. The summed E-state index contributed by atoms with van der Waals surface area (Å²) in [5.74, 6) is 0.207. The second-order valence-electron chi connectivity index (χ2n) is 6.12. The summed E-state index contributed by atoms with van der Waals surface area (Å²) in [4.78, 5) is 31.7. The van der Waals surface area contributed by atoms with Gasteiger partial charge >= 0.3 is 6.03 Å². The predicted octanol–water partition coefficient (Wildman–Crippen LogP) is 1.80. The van der Waals surface area contributed by atoms with E-state index in [0.29, 0.717) is 23.8 Å². The molecule has 1 unspecified atom stereocenters. The van der Waals surface area contributed by atoms with E-state index in [4.69, 9.17) is 11.6 Å². The summed E-state index contributed by atoms with van der Waals surface area (Å²) in [6.45, 7) is 2.10. The molecule has 0 saturated carbocycles. The molecule has 3 amide bonds. The maximum absolute atomic E-state index is 12.0. The molecule has 2 N–H and O–H groups in total. The van der Waals surface area contributed by atoms with Crippen LogP contribution < -0.4 is 10.6 Å². The van der Waals surface area contributed by atoms with Crippen molar-refractivity contribution < 1.29 is 9.59 Å². The van der Waals surface area contributed by atoms with Crippen LogP contribution in [0, 0.1) is 0 Å². The van der Waals surface area contributed by atoms with Crippen molar-refractivity contribution in [3.63, 3.8) is 0 Å². The van der Waals surface area contributed by atoms with Crippen LogP contribution in [0.25, 0.3) is 0 Å². The molecule has 0 bridgehead atoms. The Morgan fingerprint density at radius 1 is 1.46 bits per heavy atom. The van der Waals surface area contributed by atoms with Crippen LogP contribution in [0.3, 0.4) is 0 Å². The van der Waals surface area contributed by atoms with Crippen molar-refractivity contribution in [3.8, 4) is 0 Å². The number of pyridine rings is 1. The highest BCUT2D eigenvalue weighted by Crippen LogP contribution is 2.20. The highest BCUT2D eigenvalue weighted by Gasteiger charge is 2.30. The zero-order valence-corrected chi connectivity index (χ0v) is 14.8. The van der Waals surface area contributed by atoms with Crippen LogP contribution in [-0.2, 0) is 4.79 Å². The maximum Gasteiger partial charge on any atom is 0.319 e. The number of amides is 3. The Balaban J connectivity index is 1.73. The number of likely N-dealkylation sites (N-methyl/N-ethyl adjacent to an activating group) is 1. The quantitative estimate of drug-likeness (QED) is 0.733. The first-order valence-electron chi connectivity index (χ1n) is 8.06. The van der Waals surface area contributed by atoms with E-state index in [1.807, 2.05) is 19.0 Å². The van der Waals surface area contributed by atoms with Crippen molar-refractivity contribution in [2.45, 2.75) is 25.3 Å². The molecule has 2 rings (SSSR count). The van der Waals surface area contributed by atoms with Crippen LogP contribution in [0.4, 0.5) is 10.5 Å². The summed E-state index contributed by atoms with van der Waals surface area (Å²) in [6.07, 6.45) is 3.71. The van der Waals surface area contributed by atoms with Crippen molar-refractivity contribution >= 4 is 29.2 Å². The van der Waals surface area contributed by atoms with Gasteiger partial charge in [-0.2, -0.15) is 0 Å². The van der Waals surface area contributed by atoms with E-state index < -0.39 is 0 Å². The van der Waals surface area contributed by atoms with Gasteiger partial charge < -0.3 is 20.4 Å². The van der Waals surface area contributed by atoms with E-state index in [0.717, 1.165) is 25.9 Å². The zero-order valence-electron chi connectivity index (χ0n) is 14.1. The van der Waals surface area contributed by atoms with Gasteiger partial charge in [0.1, 0.15) is 5.15 Å². The average molecular weight is 354 g/mol. The lowest BCUT2D eigenvalue weighted by Gasteiger charge is -2.26. The van der Waals surface area contributed by atoms with Gasteiger partial charge in [0, 0.05) is 32.1 Å². The third kappa shape index (κ3) is 5.65. The molecule has 24 heavy (non-hydrogen) atoms. The van der Waals surface area contributed by atoms with Crippen LogP contribution in [0.5, 0.6) is 0 Å². The zero-order chi connectivity index (χ0) is 17.5. The molecule has 1 aliphatic heterocycles. The van der Waals surface area contributed by atoms with E-state index in [1.54, 1.807) is 12.1 Å². The largest absolute Gasteiger partial charge is 0.338 e. The number of anilines is 1. The van der Waals surface area contributed by atoms with E-state index in [-0.39, 0.29) is 18.0 Å². The van der Waals surface area contributed by atoms with E-state index in [1.165, 1.54) is 6.20 Å². The molecule has 132 valence electrons. The lowest BCUT2D eigenvalue weighted by molar-refractivity contribution is -0.129. The third-order valence-corrected chi connectivity index (χ3v) is 4.21. The number of halogens is 1. The average Bonchev–Trinajstić information content (AvgIpc) is 2.88. The van der Waals surface area contributed by atoms with Crippen LogP contribution in [-0.4, -0.2) is 66.5 Å². The molecule has 2 heterocycles. The Morgan fingerprint density at radius 3 is 2.92 bits per heavy atom. The highest BCUT2D eigenvalue weighted by molar-refractivity contribution is 6.29. The molecular weight excluding hydrogens is 330 g/mol. The number of nitrogens with one attached hydrogen (secondary N) is 2. The van der Waals surface area contributed by atoms with Crippen LogP contribution >= 0.6 is 11.6 Å². The van der Waals surface area contributed by atoms with E-state index in [2.05, 4.69) is 20.5 Å². The summed E-state index contributed by atoms with van der Waals surface area (Å²) in [5.41, 5.74) is 0.584. The van der Waals surface area contributed by atoms with Crippen molar-refractivity contribution in [2.75, 3.05) is 39.0 Å². The van der Waals surface area contributed by atoms with E-state index in [9.17, 15) is 9.59 Å². The Bertz CT molecular complexity index is 564. The van der Waals surface area contributed by atoms with Gasteiger partial charge in [-0.15, -0.1) is 0 Å². The van der Waals surface area contributed by atoms with Crippen molar-refractivity contribution in [1.82, 2.24) is 20.1 Å². The lowest BCUT2D eigenvalue weighted by atomic mass is 10.1. The number of urea groups is 1. The monoisotopic (exact) mass is 353 g/mol. The molecular formula is C16H24ClN5O2. The standard InChI is InChI=1S/C16H24ClN5O2/c1-21(2)9-10-22-13(4-6-15(22)23)7-8-18-16(24)20-12-3-5-14(17)19-11-12/h3,5,11,13H,4,6-10H2,1-2H3,(H2,18,20,24). The molecule has 8 heteroatoms. The highest BCUT2D eigenvalue weighted by atomic mass is 35.5. The summed E-state index contributed by atoms with van der Waals surface area (Å²) in [7, 11) is 3.99. The Hall–Kier alpha value is -1.86. The van der Waals surface area contributed by atoms with Crippen molar-refractivity contribution in [1.29, 1.82) is 0 Å². The van der Waals surface area contributed by atoms with Crippen LogP contribution in [0.15, 0.2) is 18.3 Å². The fraction of sp³-hybridized carbons (Fsp3) is 0.562. The second-order valence-corrected chi connectivity index (χ2v) is 6.51. The van der Waals surface area contributed by atoms with Crippen LogP contribution in [0.1, 0.15) is 19.3 Å². The normalized spacial score (nSPS) is 17.4. The number of aromatic nitrogens is 1. The van der Waals surface area contributed by atoms with Gasteiger partial charge in [0.2, 0.25) is 5.91 Å². The minimum atomic E-state index is -0.289. The van der Waals surface area contributed by atoms with E-state index >= 15 is 0 Å². The first-order chi connectivity index (χ1) is 11.5. The molecule has 0 spiro atoms. The van der Waals surface area contributed by atoms with Gasteiger partial charge in [0.15, 0.2) is 0 Å². The summed E-state index contributed by atoms with van der Waals surface area (Å²) in [6, 6.07) is 3.22.